The van der Waals surface area contributed by atoms with Crippen molar-refractivity contribution in [2.24, 2.45) is 7.05 Å². The first kappa shape index (κ1) is 30.9. The van der Waals surface area contributed by atoms with Gasteiger partial charge in [-0.2, -0.15) is 4.98 Å². The highest BCUT2D eigenvalue weighted by Gasteiger charge is 2.23. The number of nitrogens with one attached hydrogen (secondary N) is 1. The number of benzene rings is 3. The quantitative estimate of drug-likeness (QED) is 0.139. The Labute approximate surface area is 268 Å². The Kier molecular flexibility index (Phi) is 8.86. The van der Waals surface area contributed by atoms with Crippen LogP contribution in [0.4, 0.5) is 4.79 Å². The number of hydrogen-bond donors (Lipinski definition) is 1. The van der Waals surface area contributed by atoms with Gasteiger partial charge in [0.1, 0.15) is 6.61 Å². The van der Waals surface area contributed by atoms with E-state index in [0.29, 0.717) is 36.0 Å². The Morgan fingerprint density at radius 1 is 0.957 bits per heavy atom. The molecule has 3 heterocycles. The number of carbonyl (C=O) groups excluding carboxylic acids is 2. The molecule has 6 rings (SSSR count). The van der Waals surface area contributed by atoms with Gasteiger partial charge in [-0.15, -0.1) is 0 Å². The molecule has 1 atom stereocenters. The van der Waals surface area contributed by atoms with Crippen LogP contribution < -0.4 is 10.5 Å². The van der Waals surface area contributed by atoms with E-state index in [1.165, 1.54) is 6.92 Å². The number of nitrogens with zero attached hydrogens (tertiary/aromatic N) is 4. The molecule has 0 radical (unpaired) electrons. The second-order valence-electron chi connectivity index (χ2n) is 10.6. The highest BCUT2D eigenvalue weighted by molar-refractivity contribution is 6.02. The largest absolute Gasteiger partial charge is 0.511 e. The van der Waals surface area contributed by atoms with Gasteiger partial charge in [0.25, 0.3) is 6.01 Å². The van der Waals surface area contributed by atoms with Crippen molar-refractivity contribution in [1.29, 1.82) is 0 Å². The number of aromatic amines is 1. The number of aryl methyl sites for hydroxylation is 1. The molecule has 0 bridgehead atoms. The fourth-order valence-electron chi connectivity index (χ4n) is 5.17. The molecule has 0 saturated heterocycles. The van der Waals surface area contributed by atoms with E-state index in [2.05, 4.69) is 15.1 Å². The van der Waals surface area contributed by atoms with Crippen LogP contribution in [-0.4, -0.2) is 49.3 Å². The Hall–Kier alpha value is -6.11. The van der Waals surface area contributed by atoms with Gasteiger partial charge in [-0.25, -0.2) is 14.4 Å². The van der Waals surface area contributed by atoms with Crippen molar-refractivity contribution in [3.8, 4) is 28.5 Å². The zero-order valence-electron chi connectivity index (χ0n) is 25.8. The van der Waals surface area contributed by atoms with Crippen molar-refractivity contribution in [3.05, 3.63) is 112 Å². The smallest absolute Gasteiger partial charge is 0.465 e. The molecule has 3 aromatic heterocycles. The lowest BCUT2D eigenvalue weighted by molar-refractivity contribution is -0.0833. The van der Waals surface area contributed by atoms with E-state index >= 15 is 0 Å². The highest BCUT2D eigenvalue weighted by atomic mass is 16.8. The molecule has 1 N–H and O–H groups in total. The zero-order chi connectivity index (χ0) is 32.9. The molecule has 0 aliphatic heterocycles. The Morgan fingerprint density at radius 2 is 1.74 bits per heavy atom. The molecule has 1 unspecified atom stereocenters. The van der Waals surface area contributed by atoms with E-state index in [1.54, 1.807) is 22.8 Å². The minimum Gasteiger partial charge on any atom is -0.465 e. The summed E-state index contributed by atoms with van der Waals surface area (Å²) in [6.45, 7) is 3.99. The molecule has 0 fully saturated rings. The molecule has 240 valence electrons. The standard InChI is InChI=1S/C34H31N5O8/c1-4-43-32-35-28-11-7-10-27(31(40)45-21(2)46-34(42)44-20-23-16-17-38(3)18-23)29(28)39(32)19-22-12-14-24(15-13-22)25-8-5-6-9-26(25)30-36-33(41)47-37-30/h5-18,21H,4,19-20H2,1-3H3,(H,36,37,41). The molecule has 0 amide bonds. The Bertz CT molecular complexity index is 2090. The van der Waals surface area contributed by atoms with Crippen LogP contribution in [0.15, 0.2) is 94.5 Å². The first-order valence-corrected chi connectivity index (χ1v) is 14.8. The third-order valence-electron chi connectivity index (χ3n) is 7.24. The number of imidazole rings is 1. The minimum atomic E-state index is -1.21. The van der Waals surface area contributed by atoms with Crippen molar-refractivity contribution >= 4 is 23.2 Å². The van der Waals surface area contributed by atoms with E-state index in [0.717, 1.165) is 27.8 Å². The van der Waals surface area contributed by atoms with Gasteiger partial charge in [0.15, 0.2) is 5.82 Å². The van der Waals surface area contributed by atoms with Gasteiger partial charge in [-0.05, 0) is 41.8 Å². The summed E-state index contributed by atoms with van der Waals surface area (Å²) >= 11 is 0. The molecule has 0 aliphatic rings. The predicted molar refractivity (Wildman–Crippen MR) is 170 cm³/mol. The number of para-hydroxylation sites is 1. The fourth-order valence-corrected chi connectivity index (χ4v) is 5.17. The Morgan fingerprint density at radius 3 is 2.45 bits per heavy atom. The van der Waals surface area contributed by atoms with Crippen LogP contribution >= 0.6 is 0 Å². The van der Waals surface area contributed by atoms with E-state index in [1.807, 2.05) is 85.5 Å². The maximum atomic E-state index is 13.4. The number of fused-ring (bicyclic) bond motifs is 1. The van der Waals surface area contributed by atoms with Crippen LogP contribution in [0.5, 0.6) is 6.01 Å². The summed E-state index contributed by atoms with van der Waals surface area (Å²) in [5.41, 5.74) is 5.43. The molecule has 13 heteroatoms. The number of ether oxygens (including phenoxy) is 4. The number of hydrogen-bond acceptors (Lipinski definition) is 10. The van der Waals surface area contributed by atoms with Gasteiger partial charge < -0.3 is 23.5 Å². The SMILES string of the molecule is CCOc1nc2cccc(C(=O)OC(C)OC(=O)OCc3ccn(C)c3)c2n1Cc1ccc(-c2ccccc2-c2noc(=O)[nH]2)cc1. The van der Waals surface area contributed by atoms with E-state index < -0.39 is 24.2 Å². The van der Waals surface area contributed by atoms with Gasteiger partial charge >= 0.3 is 17.9 Å². The molecule has 0 saturated carbocycles. The summed E-state index contributed by atoms with van der Waals surface area (Å²) in [5, 5.41) is 3.83. The summed E-state index contributed by atoms with van der Waals surface area (Å²) in [6.07, 6.45) is 1.47. The molecular formula is C34H31N5O8. The van der Waals surface area contributed by atoms with Gasteiger partial charge in [0.2, 0.25) is 6.29 Å². The average molecular weight is 638 g/mol. The molecule has 13 nitrogen and oxygen atoms in total. The summed E-state index contributed by atoms with van der Waals surface area (Å²) in [7, 11) is 1.86. The van der Waals surface area contributed by atoms with Crippen molar-refractivity contribution in [2.75, 3.05) is 6.61 Å². The number of esters is 1. The van der Waals surface area contributed by atoms with Gasteiger partial charge in [-0.3, -0.25) is 14.1 Å². The third-order valence-corrected chi connectivity index (χ3v) is 7.24. The summed E-state index contributed by atoms with van der Waals surface area (Å²) in [4.78, 5) is 44.4. The van der Waals surface area contributed by atoms with Crippen molar-refractivity contribution < 1.29 is 33.1 Å². The monoisotopic (exact) mass is 637 g/mol. The lowest BCUT2D eigenvalue weighted by Crippen LogP contribution is -2.22. The normalized spacial score (nSPS) is 11.7. The molecule has 6 aromatic rings. The fraction of sp³-hybridized carbons (Fsp3) is 0.206. The molecule has 47 heavy (non-hydrogen) atoms. The van der Waals surface area contributed by atoms with E-state index in [-0.39, 0.29) is 12.2 Å². The Balaban J connectivity index is 1.21. The lowest BCUT2D eigenvalue weighted by Gasteiger charge is -2.15. The van der Waals surface area contributed by atoms with Crippen molar-refractivity contribution in [1.82, 2.24) is 24.3 Å². The maximum absolute atomic E-state index is 13.4. The summed E-state index contributed by atoms with van der Waals surface area (Å²) in [6, 6.07) is 22.6. The second-order valence-corrected chi connectivity index (χ2v) is 10.6. The first-order chi connectivity index (χ1) is 22.8. The van der Waals surface area contributed by atoms with Crippen molar-refractivity contribution in [3.63, 3.8) is 0 Å². The maximum Gasteiger partial charge on any atom is 0.511 e. The van der Waals surface area contributed by atoms with Gasteiger partial charge in [0.05, 0.1) is 29.7 Å². The minimum absolute atomic E-state index is 0.0228. The van der Waals surface area contributed by atoms with Gasteiger partial charge in [-0.1, -0.05) is 59.8 Å². The third kappa shape index (κ3) is 6.93. The zero-order valence-corrected chi connectivity index (χ0v) is 25.8. The van der Waals surface area contributed by atoms with Crippen LogP contribution in [0, 0.1) is 0 Å². The number of rotatable bonds is 11. The summed E-state index contributed by atoms with van der Waals surface area (Å²) in [5.74, 6) is -1.00. The van der Waals surface area contributed by atoms with Crippen LogP contribution in [0.1, 0.15) is 35.3 Å². The van der Waals surface area contributed by atoms with Crippen LogP contribution in [0.25, 0.3) is 33.5 Å². The van der Waals surface area contributed by atoms with Crippen molar-refractivity contribution in [2.45, 2.75) is 33.3 Å². The van der Waals surface area contributed by atoms with E-state index in [4.69, 9.17) is 23.5 Å². The lowest BCUT2D eigenvalue weighted by atomic mass is 9.98. The highest BCUT2D eigenvalue weighted by Crippen LogP contribution is 2.31. The van der Waals surface area contributed by atoms with Crippen LogP contribution in [0.3, 0.4) is 0 Å². The average Bonchev–Trinajstić information content (AvgIpc) is 3.78. The van der Waals surface area contributed by atoms with E-state index in [9.17, 15) is 14.4 Å². The molecular weight excluding hydrogens is 606 g/mol. The van der Waals surface area contributed by atoms with Crippen LogP contribution in [-0.2, 0) is 34.4 Å². The molecule has 0 aliphatic carbocycles. The molecule has 3 aromatic carbocycles. The topological polar surface area (TPSA) is 153 Å². The number of H-pyrrole nitrogens is 1. The first-order valence-electron chi connectivity index (χ1n) is 14.8. The number of carbonyl (C=O) groups is 2. The van der Waals surface area contributed by atoms with Crippen LogP contribution in [0.2, 0.25) is 0 Å². The number of aromatic nitrogens is 5. The summed E-state index contributed by atoms with van der Waals surface area (Å²) < 4.78 is 30.0. The predicted octanol–water partition coefficient (Wildman–Crippen LogP) is 5.69. The molecule has 0 spiro atoms. The van der Waals surface area contributed by atoms with Gasteiger partial charge in [0, 0.05) is 37.5 Å². The second kappa shape index (κ2) is 13.5.